The molecule has 178 valence electrons. The summed E-state index contributed by atoms with van der Waals surface area (Å²) in [6, 6.07) is 15.8. The molecule has 2 aromatic carbocycles. The SMILES string of the molecule is CCc1cccc(OCc2c(Cl)cc(Cl)c(=O)n2CCc2ccc(C(=O)NCC(=O)O)cc2)c1. The second-order valence-electron chi connectivity index (χ2n) is 7.56. The molecule has 0 radical (unpaired) electrons. The van der Waals surface area contributed by atoms with E-state index in [-0.39, 0.29) is 17.2 Å². The molecule has 0 fully saturated rings. The van der Waals surface area contributed by atoms with Gasteiger partial charge >= 0.3 is 5.97 Å². The summed E-state index contributed by atoms with van der Waals surface area (Å²) in [6.07, 6.45) is 1.36. The number of carboxylic acid groups (broad SMARTS) is 1. The first-order valence-electron chi connectivity index (χ1n) is 10.7. The van der Waals surface area contributed by atoms with Crippen LogP contribution in [0.3, 0.4) is 0 Å². The molecule has 0 aliphatic rings. The molecule has 0 saturated carbocycles. The van der Waals surface area contributed by atoms with Crippen molar-refractivity contribution in [1.29, 1.82) is 0 Å². The van der Waals surface area contributed by atoms with Gasteiger partial charge in [0.2, 0.25) is 0 Å². The van der Waals surface area contributed by atoms with Gasteiger partial charge in [-0.15, -0.1) is 0 Å². The van der Waals surface area contributed by atoms with Gasteiger partial charge < -0.3 is 19.7 Å². The largest absolute Gasteiger partial charge is 0.487 e. The number of pyridine rings is 1. The normalized spacial score (nSPS) is 10.7. The molecule has 0 unspecified atom stereocenters. The molecular formula is C25H24Cl2N2O5. The predicted octanol–water partition coefficient (Wildman–Crippen LogP) is 4.35. The number of aromatic nitrogens is 1. The Morgan fingerprint density at radius 1 is 1.03 bits per heavy atom. The van der Waals surface area contributed by atoms with Crippen LogP contribution >= 0.6 is 23.2 Å². The van der Waals surface area contributed by atoms with E-state index in [1.807, 2.05) is 24.3 Å². The molecule has 0 aliphatic heterocycles. The van der Waals surface area contributed by atoms with Crippen LogP contribution in [-0.4, -0.2) is 28.1 Å². The Morgan fingerprint density at radius 2 is 1.76 bits per heavy atom. The van der Waals surface area contributed by atoms with Gasteiger partial charge in [0.15, 0.2) is 0 Å². The molecule has 3 rings (SSSR count). The number of ether oxygens (including phenoxy) is 1. The summed E-state index contributed by atoms with van der Waals surface area (Å²) in [5.74, 6) is -0.909. The quantitative estimate of drug-likeness (QED) is 0.429. The second-order valence-corrected chi connectivity index (χ2v) is 8.37. The van der Waals surface area contributed by atoms with Crippen LogP contribution in [0.15, 0.2) is 59.4 Å². The van der Waals surface area contributed by atoms with E-state index in [2.05, 4.69) is 12.2 Å². The lowest BCUT2D eigenvalue weighted by molar-refractivity contribution is -0.135. The monoisotopic (exact) mass is 502 g/mol. The van der Waals surface area contributed by atoms with Gasteiger partial charge in [0.1, 0.15) is 23.9 Å². The molecule has 1 aromatic heterocycles. The molecule has 0 bridgehead atoms. The maximum Gasteiger partial charge on any atom is 0.322 e. The molecule has 2 N–H and O–H groups in total. The Balaban J connectivity index is 1.74. The van der Waals surface area contributed by atoms with Crippen molar-refractivity contribution in [1.82, 2.24) is 9.88 Å². The Labute approximate surface area is 206 Å². The van der Waals surface area contributed by atoms with Gasteiger partial charge in [-0.2, -0.15) is 0 Å². The highest BCUT2D eigenvalue weighted by Crippen LogP contribution is 2.22. The first kappa shape index (κ1) is 25.3. The molecule has 0 saturated heterocycles. The van der Waals surface area contributed by atoms with E-state index in [0.29, 0.717) is 35.0 Å². The van der Waals surface area contributed by atoms with Crippen molar-refractivity contribution in [3.63, 3.8) is 0 Å². The third-order valence-electron chi connectivity index (χ3n) is 5.23. The van der Waals surface area contributed by atoms with Gasteiger partial charge in [-0.1, -0.05) is 54.4 Å². The maximum atomic E-state index is 12.8. The first-order valence-corrected chi connectivity index (χ1v) is 11.4. The number of halogens is 2. The average molecular weight is 503 g/mol. The van der Waals surface area contributed by atoms with E-state index >= 15 is 0 Å². The molecule has 1 amide bonds. The number of hydrogen-bond acceptors (Lipinski definition) is 4. The van der Waals surface area contributed by atoms with Gasteiger partial charge in [0.25, 0.3) is 11.5 Å². The molecule has 3 aromatic rings. The minimum atomic E-state index is -1.12. The van der Waals surface area contributed by atoms with Gasteiger partial charge in [-0.3, -0.25) is 14.4 Å². The number of aryl methyl sites for hydroxylation is 2. The Kier molecular flexibility index (Phi) is 8.73. The fraction of sp³-hybridized carbons (Fsp3) is 0.240. The third-order valence-corrected chi connectivity index (χ3v) is 5.83. The second kappa shape index (κ2) is 11.7. The molecule has 34 heavy (non-hydrogen) atoms. The number of carboxylic acids is 1. The minimum Gasteiger partial charge on any atom is -0.487 e. The van der Waals surface area contributed by atoms with Crippen LogP contribution in [-0.2, 0) is 30.8 Å². The number of amides is 1. The van der Waals surface area contributed by atoms with Crippen molar-refractivity contribution in [2.45, 2.75) is 32.9 Å². The Morgan fingerprint density at radius 3 is 2.44 bits per heavy atom. The molecular weight excluding hydrogens is 479 g/mol. The van der Waals surface area contributed by atoms with E-state index < -0.39 is 18.4 Å². The van der Waals surface area contributed by atoms with Crippen LogP contribution in [0.2, 0.25) is 10.0 Å². The smallest absolute Gasteiger partial charge is 0.322 e. The third kappa shape index (κ3) is 6.62. The van der Waals surface area contributed by atoms with Gasteiger partial charge in [0.05, 0.1) is 10.7 Å². The zero-order chi connectivity index (χ0) is 24.7. The highest BCUT2D eigenvalue weighted by Gasteiger charge is 2.14. The number of aliphatic carboxylic acids is 1. The van der Waals surface area contributed by atoms with E-state index in [1.54, 1.807) is 24.3 Å². The number of hydrogen-bond donors (Lipinski definition) is 2. The van der Waals surface area contributed by atoms with Crippen LogP contribution in [0.5, 0.6) is 5.75 Å². The molecule has 0 spiro atoms. The standard InChI is InChI=1S/C25H24Cl2N2O5/c1-2-16-4-3-5-19(12-16)34-15-22-20(26)13-21(27)25(33)29(22)11-10-17-6-8-18(9-7-17)24(32)28-14-23(30)31/h3-9,12-13H,2,10-11,14-15H2,1H3,(H,28,32)(H,30,31). The van der Waals surface area contributed by atoms with E-state index in [1.165, 1.54) is 10.6 Å². The van der Waals surface area contributed by atoms with Crippen LogP contribution in [0.1, 0.15) is 34.1 Å². The summed E-state index contributed by atoms with van der Waals surface area (Å²) in [6.45, 7) is 2.01. The molecule has 0 atom stereocenters. The fourth-order valence-corrected chi connectivity index (χ4v) is 3.88. The number of carbonyl (C=O) groups excluding carboxylic acids is 1. The lowest BCUT2D eigenvalue weighted by Crippen LogP contribution is -2.29. The van der Waals surface area contributed by atoms with Crippen molar-refractivity contribution in [3.8, 4) is 5.75 Å². The van der Waals surface area contributed by atoms with Crippen molar-refractivity contribution >= 4 is 35.1 Å². The topological polar surface area (TPSA) is 97.6 Å². The molecule has 7 nitrogen and oxygen atoms in total. The van der Waals surface area contributed by atoms with Crippen molar-refractivity contribution in [3.05, 3.63) is 97.4 Å². The van der Waals surface area contributed by atoms with Crippen LogP contribution in [0, 0.1) is 0 Å². The highest BCUT2D eigenvalue weighted by atomic mass is 35.5. The van der Waals surface area contributed by atoms with Crippen molar-refractivity contribution < 1.29 is 19.4 Å². The number of carbonyl (C=O) groups is 2. The minimum absolute atomic E-state index is 0.0205. The van der Waals surface area contributed by atoms with Crippen molar-refractivity contribution in [2.75, 3.05) is 6.54 Å². The van der Waals surface area contributed by atoms with Gasteiger partial charge in [-0.05, 0) is 54.3 Å². The summed E-state index contributed by atoms with van der Waals surface area (Å²) in [7, 11) is 0. The maximum absolute atomic E-state index is 12.8. The van der Waals surface area contributed by atoms with E-state index in [0.717, 1.165) is 17.5 Å². The summed E-state index contributed by atoms with van der Waals surface area (Å²) in [5.41, 5.74) is 2.51. The number of rotatable bonds is 10. The number of nitrogens with zero attached hydrogens (tertiary/aromatic N) is 1. The molecule has 0 aliphatic carbocycles. The highest BCUT2D eigenvalue weighted by molar-refractivity contribution is 6.34. The molecule has 9 heteroatoms. The fourth-order valence-electron chi connectivity index (χ4n) is 3.35. The summed E-state index contributed by atoms with van der Waals surface area (Å²) in [4.78, 5) is 35.3. The molecule has 1 heterocycles. The van der Waals surface area contributed by atoms with Gasteiger partial charge in [0, 0.05) is 12.1 Å². The predicted molar refractivity (Wildman–Crippen MR) is 131 cm³/mol. The van der Waals surface area contributed by atoms with Crippen LogP contribution < -0.4 is 15.6 Å². The summed E-state index contributed by atoms with van der Waals surface area (Å²) < 4.78 is 7.41. The van der Waals surface area contributed by atoms with E-state index in [9.17, 15) is 14.4 Å². The lowest BCUT2D eigenvalue weighted by Gasteiger charge is -2.16. The Bertz CT molecular complexity index is 1240. The number of nitrogens with one attached hydrogen (secondary N) is 1. The lowest BCUT2D eigenvalue weighted by atomic mass is 10.1. The zero-order valence-electron chi connectivity index (χ0n) is 18.5. The number of benzene rings is 2. The van der Waals surface area contributed by atoms with Crippen LogP contribution in [0.25, 0.3) is 0 Å². The van der Waals surface area contributed by atoms with Gasteiger partial charge in [-0.25, -0.2) is 0 Å². The average Bonchev–Trinajstić information content (AvgIpc) is 2.83. The van der Waals surface area contributed by atoms with E-state index in [4.69, 9.17) is 33.0 Å². The summed E-state index contributed by atoms with van der Waals surface area (Å²) >= 11 is 12.5. The van der Waals surface area contributed by atoms with Crippen molar-refractivity contribution in [2.24, 2.45) is 0 Å². The zero-order valence-corrected chi connectivity index (χ0v) is 20.0. The first-order chi connectivity index (χ1) is 16.3. The summed E-state index contributed by atoms with van der Waals surface area (Å²) in [5, 5.41) is 11.3. The Hall–Kier alpha value is -3.29. The van der Waals surface area contributed by atoms with Crippen LogP contribution in [0.4, 0.5) is 0 Å².